The van der Waals surface area contributed by atoms with E-state index in [1.54, 1.807) is 0 Å². The van der Waals surface area contributed by atoms with Crippen LogP contribution in [0, 0.1) is 16.2 Å². The number of carbonyl (C=O) groups excluding carboxylic acids is 2. The predicted molar refractivity (Wildman–Crippen MR) is 51.2 cm³/mol. The van der Waals surface area contributed by atoms with Crippen LogP contribution in [0.5, 0.6) is 0 Å². The highest BCUT2D eigenvalue weighted by Gasteiger charge is 2.06. The largest absolute Gasteiger partial charge is 0.231 e. The lowest BCUT2D eigenvalue weighted by molar-refractivity contribution is 0.373. The van der Waals surface area contributed by atoms with Gasteiger partial charge in [0.1, 0.15) is 0 Å². The Bertz CT molecular complexity index is 147. The van der Waals surface area contributed by atoms with E-state index in [9.17, 15) is 0 Å². The number of nitrogens with one attached hydrogen (secondary N) is 2. The third kappa shape index (κ3) is 108. The Balaban J connectivity index is -0.000000140. The highest BCUT2D eigenvalue weighted by atomic mass is 16.1. The first-order chi connectivity index (χ1) is 5.89. The SMILES string of the molecule is CCCC(C)(C)C.N=C=O.N=C=O. The van der Waals surface area contributed by atoms with E-state index >= 15 is 0 Å². The highest BCUT2D eigenvalue weighted by Crippen LogP contribution is 2.19. The molecule has 0 aromatic carbocycles. The molecular formula is C9H18N2O2. The third-order valence-electron chi connectivity index (χ3n) is 1.000. The lowest BCUT2D eigenvalue weighted by Gasteiger charge is -2.15. The van der Waals surface area contributed by atoms with E-state index in [0.29, 0.717) is 5.41 Å². The Morgan fingerprint density at radius 2 is 1.31 bits per heavy atom. The number of rotatable bonds is 1. The molecule has 0 bridgehead atoms. The zero-order valence-electron chi connectivity index (χ0n) is 8.73. The van der Waals surface area contributed by atoms with Gasteiger partial charge >= 0.3 is 0 Å². The summed E-state index contributed by atoms with van der Waals surface area (Å²) in [5, 5.41) is 10.8. The van der Waals surface area contributed by atoms with Crippen LogP contribution < -0.4 is 0 Å². The fraction of sp³-hybridized carbons (Fsp3) is 0.778. The molecule has 0 aromatic rings. The number of hydrogen-bond acceptors (Lipinski definition) is 4. The molecule has 0 aromatic heterocycles. The van der Waals surface area contributed by atoms with Gasteiger partial charge < -0.3 is 0 Å². The molecule has 0 atom stereocenters. The standard InChI is InChI=1S/C7H16.2CHNO/c1-5-6-7(2,3)4;2*2-1-3/h5-6H2,1-4H3;2*2H. The smallest absolute Gasteiger partial charge is 0.222 e. The summed E-state index contributed by atoms with van der Waals surface area (Å²) >= 11 is 0. The molecule has 0 aliphatic rings. The van der Waals surface area contributed by atoms with Gasteiger partial charge in [0.05, 0.1) is 0 Å². The lowest BCUT2D eigenvalue weighted by atomic mass is 9.91. The molecule has 0 aliphatic heterocycles. The molecule has 0 fully saturated rings. The maximum Gasteiger partial charge on any atom is 0.231 e. The zero-order chi connectivity index (χ0) is 11.3. The van der Waals surface area contributed by atoms with Crippen molar-refractivity contribution < 1.29 is 9.59 Å². The molecular weight excluding hydrogens is 168 g/mol. The Kier molecular flexibility index (Phi) is 18.2. The maximum atomic E-state index is 8.35. The fourth-order valence-corrected chi connectivity index (χ4v) is 0.750. The third-order valence-corrected chi connectivity index (χ3v) is 1.000. The van der Waals surface area contributed by atoms with Crippen LogP contribution in [0.1, 0.15) is 40.5 Å². The van der Waals surface area contributed by atoms with Crippen LogP contribution in [0.3, 0.4) is 0 Å². The average molecular weight is 186 g/mol. The van der Waals surface area contributed by atoms with Crippen LogP contribution in [0.15, 0.2) is 0 Å². The van der Waals surface area contributed by atoms with Crippen molar-refractivity contribution in [3.8, 4) is 0 Å². The minimum atomic E-state index is 0.550. The van der Waals surface area contributed by atoms with Gasteiger partial charge in [0.25, 0.3) is 0 Å². The van der Waals surface area contributed by atoms with E-state index < -0.39 is 0 Å². The summed E-state index contributed by atoms with van der Waals surface area (Å²) < 4.78 is 0. The van der Waals surface area contributed by atoms with Crippen molar-refractivity contribution in [3.05, 3.63) is 0 Å². The minimum absolute atomic E-state index is 0.550. The van der Waals surface area contributed by atoms with Crippen LogP contribution in [0.2, 0.25) is 0 Å². The van der Waals surface area contributed by atoms with Crippen LogP contribution in [0.4, 0.5) is 0 Å². The molecule has 0 spiro atoms. The lowest BCUT2D eigenvalue weighted by Crippen LogP contribution is -2.02. The molecule has 0 rings (SSSR count). The normalized spacial score (nSPS) is 7.69. The summed E-state index contributed by atoms with van der Waals surface area (Å²) in [6, 6.07) is 0. The quantitative estimate of drug-likeness (QED) is 0.487. The van der Waals surface area contributed by atoms with Gasteiger partial charge in [-0.3, -0.25) is 0 Å². The summed E-state index contributed by atoms with van der Waals surface area (Å²) in [5.74, 6) is 0. The summed E-state index contributed by atoms with van der Waals surface area (Å²) in [6.45, 7) is 9.05. The molecule has 0 radical (unpaired) electrons. The van der Waals surface area contributed by atoms with Crippen LogP contribution in [0.25, 0.3) is 0 Å². The first-order valence-corrected chi connectivity index (χ1v) is 3.97. The Hall–Kier alpha value is -1.24. The average Bonchev–Trinajstić information content (AvgIpc) is 1.87. The second-order valence-corrected chi connectivity index (χ2v) is 3.51. The van der Waals surface area contributed by atoms with Gasteiger partial charge in [0.2, 0.25) is 12.2 Å². The molecule has 2 N–H and O–H groups in total. The van der Waals surface area contributed by atoms with Gasteiger partial charge in [0.15, 0.2) is 0 Å². The van der Waals surface area contributed by atoms with Gasteiger partial charge in [-0.05, 0) is 11.8 Å². The second kappa shape index (κ2) is 13.4. The monoisotopic (exact) mass is 186 g/mol. The van der Waals surface area contributed by atoms with Gasteiger partial charge in [-0.15, -0.1) is 0 Å². The predicted octanol–water partition coefficient (Wildman–Crippen LogP) is 2.63. The molecule has 0 aliphatic carbocycles. The van der Waals surface area contributed by atoms with Crippen LogP contribution in [-0.4, -0.2) is 12.2 Å². The number of hydrogen-bond donors (Lipinski definition) is 2. The molecule has 4 nitrogen and oxygen atoms in total. The van der Waals surface area contributed by atoms with Crippen LogP contribution in [-0.2, 0) is 9.59 Å². The van der Waals surface area contributed by atoms with Crippen molar-refractivity contribution >= 4 is 12.2 Å². The van der Waals surface area contributed by atoms with Crippen molar-refractivity contribution in [3.63, 3.8) is 0 Å². The second-order valence-electron chi connectivity index (χ2n) is 3.51. The first-order valence-electron chi connectivity index (χ1n) is 3.97. The van der Waals surface area contributed by atoms with Crippen molar-refractivity contribution in [2.24, 2.45) is 5.41 Å². The van der Waals surface area contributed by atoms with Crippen molar-refractivity contribution in [1.29, 1.82) is 10.8 Å². The molecule has 0 amide bonds. The summed E-state index contributed by atoms with van der Waals surface area (Å²) in [6.07, 6.45) is 4.15. The Morgan fingerprint density at radius 1 is 1.08 bits per heavy atom. The van der Waals surface area contributed by atoms with E-state index in [-0.39, 0.29) is 0 Å². The Morgan fingerprint density at radius 3 is 1.31 bits per heavy atom. The van der Waals surface area contributed by atoms with Crippen LogP contribution >= 0.6 is 0 Å². The molecule has 4 heteroatoms. The van der Waals surface area contributed by atoms with Crippen molar-refractivity contribution in [2.45, 2.75) is 40.5 Å². The molecule has 0 saturated heterocycles. The highest BCUT2D eigenvalue weighted by molar-refractivity contribution is 5.26. The number of isocyanates is 2. The van der Waals surface area contributed by atoms with E-state index in [0.717, 1.165) is 12.2 Å². The van der Waals surface area contributed by atoms with E-state index in [2.05, 4.69) is 27.7 Å². The molecule has 0 heterocycles. The summed E-state index contributed by atoms with van der Waals surface area (Å²) in [4.78, 5) is 16.7. The Labute approximate surface area is 79.4 Å². The van der Waals surface area contributed by atoms with E-state index in [4.69, 9.17) is 20.4 Å². The maximum absolute atomic E-state index is 8.35. The molecule has 0 unspecified atom stereocenters. The van der Waals surface area contributed by atoms with Crippen molar-refractivity contribution in [2.75, 3.05) is 0 Å². The van der Waals surface area contributed by atoms with Gasteiger partial charge in [-0.25, -0.2) is 20.4 Å². The summed E-state index contributed by atoms with van der Waals surface area (Å²) in [7, 11) is 0. The molecule has 76 valence electrons. The van der Waals surface area contributed by atoms with E-state index in [1.807, 2.05) is 0 Å². The topological polar surface area (TPSA) is 81.8 Å². The first kappa shape index (κ1) is 17.7. The zero-order valence-corrected chi connectivity index (χ0v) is 8.73. The minimum Gasteiger partial charge on any atom is -0.222 e. The van der Waals surface area contributed by atoms with E-state index in [1.165, 1.54) is 12.8 Å². The molecule has 13 heavy (non-hydrogen) atoms. The van der Waals surface area contributed by atoms with Crippen molar-refractivity contribution in [1.82, 2.24) is 0 Å². The molecule has 0 saturated carbocycles. The van der Waals surface area contributed by atoms with Gasteiger partial charge in [-0.2, -0.15) is 0 Å². The van der Waals surface area contributed by atoms with Gasteiger partial charge in [-0.1, -0.05) is 34.1 Å². The van der Waals surface area contributed by atoms with Gasteiger partial charge in [0, 0.05) is 0 Å². The fourth-order valence-electron chi connectivity index (χ4n) is 0.750. The summed E-state index contributed by atoms with van der Waals surface area (Å²) in [5.41, 5.74) is 0.550.